The summed E-state index contributed by atoms with van der Waals surface area (Å²) in [5.41, 5.74) is 0. The molecule has 0 bridgehead atoms. The number of nitrogens with one attached hydrogen (secondary N) is 2. The number of halogens is 1. The average molecular weight is 470 g/mol. The number of hydrogen-bond acceptors (Lipinski definition) is 5. The molecule has 8 nitrogen and oxygen atoms in total. The summed E-state index contributed by atoms with van der Waals surface area (Å²) >= 11 is 3.25. The Labute approximate surface area is 173 Å². The van der Waals surface area contributed by atoms with E-state index in [0.717, 1.165) is 37.5 Å². The maximum Gasteiger partial charge on any atom is 0.240 e. The largest absolute Gasteiger partial charge is 0.356 e. The molecule has 1 aliphatic heterocycles. The quantitative estimate of drug-likeness (QED) is 0.612. The molecule has 1 aliphatic rings. The second kappa shape index (κ2) is 9.62. The zero-order valence-corrected chi connectivity index (χ0v) is 17.9. The SMILES string of the molecule is O=C(CCNS(=O)(=O)c1cccc(Br)c1)NCCc1nnc2n1CCCCC2. The third-order valence-electron chi connectivity index (χ3n) is 4.61. The van der Waals surface area contributed by atoms with Crippen LogP contribution in [-0.4, -0.2) is 42.2 Å². The molecule has 1 amide bonds. The van der Waals surface area contributed by atoms with Crippen molar-refractivity contribution in [3.05, 3.63) is 40.4 Å². The van der Waals surface area contributed by atoms with Crippen molar-refractivity contribution >= 4 is 31.9 Å². The van der Waals surface area contributed by atoms with Crippen LogP contribution in [0.25, 0.3) is 0 Å². The van der Waals surface area contributed by atoms with Crippen molar-refractivity contribution in [1.29, 1.82) is 0 Å². The van der Waals surface area contributed by atoms with Gasteiger partial charge in [-0.1, -0.05) is 28.4 Å². The van der Waals surface area contributed by atoms with Gasteiger partial charge in [-0.05, 0) is 31.0 Å². The Morgan fingerprint density at radius 1 is 1.18 bits per heavy atom. The zero-order chi connectivity index (χ0) is 20.0. The first kappa shape index (κ1) is 20.9. The van der Waals surface area contributed by atoms with Crippen LogP contribution < -0.4 is 10.0 Å². The minimum atomic E-state index is -3.63. The maximum absolute atomic E-state index is 12.2. The molecule has 2 N–H and O–H groups in total. The van der Waals surface area contributed by atoms with E-state index < -0.39 is 10.0 Å². The van der Waals surface area contributed by atoms with E-state index in [9.17, 15) is 13.2 Å². The lowest BCUT2D eigenvalue weighted by molar-refractivity contribution is -0.120. The van der Waals surface area contributed by atoms with E-state index in [0.29, 0.717) is 17.4 Å². The number of carbonyl (C=O) groups excluding carboxylic acids is 1. The van der Waals surface area contributed by atoms with Crippen LogP contribution in [0.1, 0.15) is 37.3 Å². The summed E-state index contributed by atoms with van der Waals surface area (Å²) in [5, 5.41) is 11.3. The van der Waals surface area contributed by atoms with Crippen molar-refractivity contribution in [3.63, 3.8) is 0 Å². The Morgan fingerprint density at radius 3 is 2.86 bits per heavy atom. The Kier molecular flexibility index (Phi) is 7.19. The highest BCUT2D eigenvalue weighted by molar-refractivity contribution is 9.10. The van der Waals surface area contributed by atoms with E-state index in [1.165, 1.54) is 18.6 Å². The highest BCUT2D eigenvalue weighted by Gasteiger charge is 2.16. The summed E-state index contributed by atoms with van der Waals surface area (Å²) in [7, 11) is -3.63. The minimum absolute atomic E-state index is 0.0427. The smallest absolute Gasteiger partial charge is 0.240 e. The van der Waals surface area contributed by atoms with E-state index in [1.54, 1.807) is 12.1 Å². The van der Waals surface area contributed by atoms with Gasteiger partial charge in [0.05, 0.1) is 4.90 Å². The molecule has 0 spiro atoms. The molecule has 0 aliphatic carbocycles. The molecular weight excluding hydrogens is 446 g/mol. The van der Waals surface area contributed by atoms with Crippen LogP contribution >= 0.6 is 15.9 Å². The molecule has 0 saturated heterocycles. The standard InChI is InChI=1S/C18H24BrN5O3S/c19-14-5-4-6-15(13-14)28(26,27)21-11-9-18(25)20-10-8-17-23-22-16-7-2-1-3-12-24(16)17/h4-6,13,21H,1-3,7-12H2,(H,20,25). The highest BCUT2D eigenvalue weighted by atomic mass is 79.9. The van der Waals surface area contributed by atoms with Crippen molar-refractivity contribution < 1.29 is 13.2 Å². The number of benzene rings is 1. The third-order valence-corrected chi connectivity index (χ3v) is 6.56. The molecule has 0 unspecified atom stereocenters. The van der Waals surface area contributed by atoms with Gasteiger partial charge in [0.15, 0.2) is 0 Å². The maximum atomic E-state index is 12.2. The zero-order valence-electron chi connectivity index (χ0n) is 15.5. The summed E-state index contributed by atoms with van der Waals surface area (Å²) in [6.45, 7) is 1.43. The van der Waals surface area contributed by atoms with Crippen LogP contribution in [0, 0.1) is 0 Å². The minimum Gasteiger partial charge on any atom is -0.356 e. The molecule has 152 valence electrons. The monoisotopic (exact) mass is 469 g/mol. The number of rotatable bonds is 8. The van der Waals surface area contributed by atoms with E-state index in [1.807, 2.05) is 0 Å². The van der Waals surface area contributed by atoms with Crippen LogP contribution in [-0.2, 0) is 34.2 Å². The van der Waals surface area contributed by atoms with Gasteiger partial charge in [-0.25, -0.2) is 13.1 Å². The number of fused-ring (bicyclic) bond motifs is 1. The van der Waals surface area contributed by atoms with Crippen LogP contribution in [0.5, 0.6) is 0 Å². The lowest BCUT2D eigenvalue weighted by Crippen LogP contribution is -2.32. The van der Waals surface area contributed by atoms with Crippen LogP contribution in [0.3, 0.4) is 0 Å². The number of aromatic nitrogens is 3. The van der Waals surface area contributed by atoms with Gasteiger partial charge in [0.2, 0.25) is 15.9 Å². The predicted molar refractivity (Wildman–Crippen MR) is 108 cm³/mol. The second-order valence-electron chi connectivity index (χ2n) is 6.70. The van der Waals surface area contributed by atoms with E-state index in [-0.39, 0.29) is 23.8 Å². The molecule has 1 aromatic carbocycles. The fourth-order valence-electron chi connectivity index (χ4n) is 3.15. The first-order valence-electron chi connectivity index (χ1n) is 9.38. The van der Waals surface area contributed by atoms with Gasteiger partial charge >= 0.3 is 0 Å². The number of aryl methyl sites for hydroxylation is 1. The second-order valence-corrected chi connectivity index (χ2v) is 9.38. The highest BCUT2D eigenvalue weighted by Crippen LogP contribution is 2.16. The first-order valence-corrected chi connectivity index (χ1v) is 11.7. The molecule has 0 radical (unpaired) electrons. The normalized spacial score (nSPS) is 14.3. The summed E-state index contributed by atoms with van der Waals surface area (Å²) in [6, 6.07) is 6.43. The van der Waals surface area contributed by atoms with Crippen LogP contribution in [0.4, 0.5) is 0 Å². The fraction of sp³-hybridized carbons (Fsp3) is 0.500. The van der Waals surface area contributed by atoms with Gasteiger partial charge in [-0.3, -0.25) is 4.79 Å². The number of hydrogen-bond donors (Lipinski definition) is 2. The number of nitrogens with zero attached hydrogens (tertiary/aromatic N) is 3. The Bertz CT molecular complexity index is 929. The lowest BCUT2D eigenvalue weighted by atomic mass is 10.2. The summed E-state index contributed by atoms with van der Waals surface area (Å²) in [4.78, 5) is 12.2. The average Bonchev–Trinajstić information content (AvgIpc) is 2.88. The van der Waals surface area contributed by atoms with Gasteiger partial charge in [0, 0.05) is 43.4 Å². The molecule has 2 heterocycles. The molecule has 3 rings (SSSR count). The molecule has 0 saturated carbocycles. The molecular formula is C18H24BrN5O3S. The molecule has 0 fully saturated rings. The molecule has 10 heteroatoms. The predicted octanol–water partition coefficient (Wildman–Crippen LogP) is 1.79. The van der Waals surface area contributed by atoms with E-state index in [2.05, 4.69) is 40.7 Å². The fourth-order valence-corrected chi connectivity index (χ4v) is 4.78. The van der Waals surface area contributed by atoms with Gasteiger partial charge in [0.1, 0.15) is 11.6 Å². The summed E-state index contributed by atoms with van der Waals surface area (Å²) in [6.07, 6.45) is 5.12. The molecule has 1 aromatic heterocycles. The van der Waals surface area contributed by atoms with Gasteiger partial charge < -0.3 is 9.88 Å². The third kappa shape index (κ3) is 5.62. The van der Waals surface area contributed by atoms with Crippen molar-refractivity contribution in [2.75, 3.05) is 13.1 Å². The number of carbonyl (C=O) groups is 1. The van der Waals surface area contributed by atoms with E-state index in [4.69, 9.17) is 0 Å². The van der Waals surface area contributed by atoms with Gasteiger partial charge in [0.25, 0.3) is 0 Å². The number of amides is 1. The van der Waals surface area contributed by atoms with Crippen LogP contribution in [0.15, 0.2) is 33.6 Å². The van der Waals surface area contributed by atoms with Crippen molar-refractivity contribution in [2.24, 2.45) is 0 Å². The molecule has 0 atom stereocenters. The summed E-state index contributed by atoms with van der Waals surface area (Å²) in [5.74, 6) is 1.72. The molecule has 28 heavy (non-hydrogen) atoms. The van der Waals surface area contributed by atoms with Crippen molar-refractivity contribution in [1.82, 2.24) is 24.8 Å². The van der Waals surface area contributed by atoms with Crippen LogP contribution in [0.2, 0.25) is 0 Å². The summed E-state index contributed by atoms with van der Waals surface area (Å²) < 4.78 is 29.7. The number of sulfonamides is 1. The Hall–Kier alpha value is -1.78. The Morgan fingerprint density at radius 2 is 2.04 bits per heavy atom. The Balaban J connectivity index is 1.41. The topological polar surface area (TPSA) is 106 Å². The van der Waals surface area contributed by atoms with Crippen molar-refractivity contribution in [2.45, 2.75) is 50.0 Å². The van der Waals surface area contributed by atoms with Gasteiger partial charge in [-0.2, -0.15) is 0 Å². The van der Waals surface area contributed by atoms with Gasteiger partial charge in [-0.15, -0.1) is 10.2 Å². The molecule has 2 aromatic rings. The van der Waals surface area contributed by atoms with Crippen molar-refractivity contribution in [3.8, 4) is 0 Å². The first-order chi connectivity index (χ1) is 13.5. The van der Waals surface area contributed by atoms with E-state index >= 15 is 0 Å². The lowest BCUT2D eigenvalue weighted by Gasteiger charge is -2.09.